The van der Waals surface area contributed by atoms with Crippen LogP contribution in [0.4, 0.5) is 4.79 Å². The van der Waals surface area contributed by atoms with Crippen LogP contribution in [0.1, 0.15) is 28.6 Å². The van der Waals surface area contributed by atoms with Crippen molar-refractivity contribution in [3.8, 4) is 0 Å². The molecule has 24 heavy (non-hydrogen) atoms. The first-order valence-corrected chi connectivity index (χ1v) is 9.16. The maximum atomic E-state index is 11.9. The standard InChI is InChI=1S/C17H20ClN3O2S/c1-2-9-23-17(22)21-8-7-12(11-21)15-10-13(19-20-15)3-4-14-5-6-16(18)24-14/h2,5-6,10,12H,1,3-4,7-9,11H2,(H,19,20). The Balaban J connectivity index is 1.52. The largest absolute Gasteiger partial charge is 0.445 e. The number of hydrogen-bond donors (Lipinski definition) is 1. The van der Waals surface area contributed by atoms with Crippen LogP contribution in [0, 0.1) is 0 Å². The van der Waals surface area contributed by atoms with Gasteiger partial charge >= 0.3 is 6.09 Å². The summed E-state index contributed by atoms with van der Waals surface area (Å²) in [5, 5.41) is 7.54. The molecule has 1 unspecified atom stereocenters. The molecule has 1 N–H and O–H groups in total. The number of ether oxygens (including phenoxy) is 1. The molecule has 1 aliphatic heterocycles. The molecule has 1 amide bonds. The van der Waals surface area contributed by atoms with Crippen LogP contribution in [0.5, 0.6) is 0 Å². The molecule has 0 bridgehead atoms. The van der Waals surface area contributed by atoms with Crippen molar-refractivity contribution in [2.24, 2.45) is 0 Å². The molecule has 1 saturated heterocycles. The zero-order chi connectivity index (χ0) is 16.9. The van der Waals surface area contributed by atoms with Crippen molar-refractivity contribution in [2.45, 2.75) is 25.2 Å². The van der Waals surface area contributed by atoms with E-state index in [0.717, 1.165) is 35.0 Å². The Bertz CT molecular complexity index is 712. The number of amides is 1. The average molecular weight is 366 g/mol. The van der Waals surface area contributed by atoms with Gasteiger partial charge in [-0.05, 0) is 37.5 Å². The molecule has 2 aromatic rings. The maximum absolute atomic E-state index is 11.9. The summed E-state index contributed by atoms with van der Waals surface area (Å²) in [5.41, 5.74) is 2.13. The zero-order valence-electron chi connectivity index (χ0n) is 13.3. The number of nitrogens with zero attached hydrogens (tertiary/aromatic N) is 2. The molecule has 3 rings (SSSR count). The number of aromatic nitrogens is 2. The predicted molar refractivity (Wildman–Crippen MR) is 95.8 cm³/mol. The van der Waals surface area contributed by atoms with Crippen molar-refractivity contribution in [1.82, 2.24) is 15.1 Å². The van der Waals surface area contributed by atoms with Gasteiger partial charge in [0.1, 0.15) is 6.61 Å². The van der Waals surface area contributed by atoms with E-state index in [1.807, 2.05) is 6.07 Å². The van der Waals surface area contributed by atoms with E-state index >= 15 is 0 Å². The molecule has 0 spiro atoms. The van der Waals surface area contributed by atoms with Gasteiger partial charge in [0.15, 0.2) is 0 Å². The van der Waals surface area contributed by atoms with E-state index in [4.69, 9.17) is 16.3 Å². The number of likely N-dealkylation sites (tertiary alicyclic amines) is 1. The zero-order valence-corrected chi connectivity index (χ0v) is 14.9. The van der Waals surface area contributed by atoms with E-state index in [1.165, 1.54) is 4.88 Å². The lowest BCUT2D eigenvalue weighted by molar-refractivity contribution is 0.121. The number of carbonyl (C=O) groups is 1. The van der Waals surface area contributed by atoms with Gasteiger partial charge in [-0.25, -0.2) is 4.79 Å². The van der Waals surface area contributed by atoms with Gasteiger partial charge in [0.05, 0.1) is 10.0 Å². The van der Waals surface area contributed by atoms with Gasteiger partial charge in [0, 0.05) is 29.6 Å². The highest BCUT2D eigenvalue weighted by Gasteiger charge is 2.29. The van der Waals surface area contributed by atoms with Crippen LogP contribution in [0.2, 0.25) is 4.34 Å². The Morgan fingerprint density at radius 1 is 1.54 bits per heavy atom. The van der Waals surface area contributed by atoms with Crippen LogP contribution in [0.15, 0.2) is 30.9 Å². The first-order valence-electron chi connectivity index (χ1n) is 7.96. The smallest absolute Gasteiger partial charge is 0.410 e. The summed E-state index contributed by atoms with van der Waals surface area (Å²) in [7, 11) is 0. The third kappa shape index (κ3) is 4.19. The quantitative estimate of drug-likeness (QED) is 0.786. The second-order valence-electron chi connectivity index (χ2n) is 5.82. The third-order valence-electron chi connectivity index (χ3n) is 4.11. The lowest BCUT2D eigenvalue weighted by Gasteiger charge is -2.15. The Morgan fingerprint density at radius 2 is 2.42 bits per heavy atom. The number of halogens is 1. The summed E-state index contributed by atoms with van der Waals surface area (Å²) in [6.45, 7) is 5.16. The first-order chi connectivity index (χ1) is 11.7. The number of carbonyl (C=O) groups excluding carboxylic acids is 1. The van der Waals surface area contributed by atoms with Crippen LogP contribution in [-0.4, -0.2) is 40.9 Å². The van der Waals surface area contributed by atoms with Crippen LogP contribution < -0.4 is 0 Å². The SMILES string of the molecule is C=CCOC(=O)N1CCC(c2cc(CCc3ccc(Cl)s3)[nH]n2)C1. The van der Waals surface area contributed by atoms with Crippen LogP contribution in [-0.2, 0) is 17.6 Å². The Hall–Kier alpha value is -1.79. The van der Waals surface area contributed by atoms with E-state index < -0.39 is 0 Å². The van der Waals surface area contributed by atoms with E-state index in [0.29, 0.717) is 13.1 Å². The number of H-pyrrole nitrogens is 1. The summed E-state index contributed by atoms with van der Waals surface area (Å²) in [6, 6.07) is 6.10. The predicted octanol–water partition coefficient (Wildman–Crippen LogP) is 4.02. The average Bonchev–Trinajstić information content (AvgIpc) is 3.30. The lowest BCUT2D eigenvalue weighted by atomic mass is 10.0. The van der Waals surface area contributed by atoms with Gasteiger partial charge in [-0.3, -0.25) is 5.10 Å². The third-order valence-corrected chi connectivity index (χ3v) is 5.40. The number of rotatable bonds is 6. The van der Waals surface area contributed by atoms with Crippen LogP contribution >= 0.6 is 22.9 Å². The fourth-order valence-electron chi connectivity index (χ4n) is 2.85. The van der Waals surface area contributed by atoms with Crippen LogP contribution in [0.3, 0.4) is 0 Å². The Labute approximate surface area is 150 Å². The Morgan fingerprint density at radius 3 is 3.17 bits per heavy atom. The highest BCUT2D eigenvalue weighted by molar-refractivity contribution is 7.16. The Kier molecular flexibility index (Phi) is 5.58. The monoisotopic (exact) mass is 365 g/mol. The maximum Gasteiger partial charge on any atom is 0.410 e. The molecule has 1 fully saturated rings. The number of hydrogen-bond acceptors (Lipinski definition) is 4. The lowest BCUT2D eigenvalue weighted by Crippen LogP contribution is -2.29. The van der Waals surface area contributed by atoms with Gasteiger partial charge < -0.3 is 9.64 Å². The normalized spacial score (nSPS) is 17.2. The minimum absolute atomic E-state index is 0.249. The molecule has 1 atom stereocenters. The summed E-state index contributed by atoms with van der Waals surface area (Å²) >= 11 is 7.57. The fraction of sp³-hybridized carbons (Fsp3) is 0.412. The number of nitrogens with one attached hydrogen (secondary N) is 1. The van der Waals surface area contributed by atoms with Crippen molar-refractivity contribution in [1.29, 1.82) is 0 Å². The molecular weight excluding hydrogens is 346 g/mol. The molecular formula is C17H20ClN3O2S. The van der Waals surface area contributed by atoms with Crippen molar-refractivity contribution in [2.75, 3.05) is 19.7 Å². The van der Waals surface area contributed by atoms with E-state index in [9.17, 15) is 4.79 Å². The molecule has 0 aromatic carbocycles. The van der Waals surface area contributed by atoms with Crippen LogP contribution in [0.25, 0.3) is 0 Å². The molecule has 1 aliphatic rings. The number of aromatic amines is 1. The minimum atomic E-state index is -0.275. The van der Waals surface area contributed by atoms with Gasteiger partial charge in [0.2, 0.25) is 0 Å². The summed E-state index contributed by atoms with van der Waals surface area (Å²) in [6.07, 6.45) is 4.06. The second-order valence-corrected chi connectivity index (χ2v) is 7.62. The molecule has 2 aromatic heterocycles. The fourth-order valence-corrected chi connectivity index (χ4v) is 3.94. The van der Waals surface area contributed by atoms with Crippen molar-refractivity contribution in [3.63, 3.8) is 0 Å². The molecule has 0 radical (unpaired) electrons. The van der Waals surface area contributed by atoms with E-state index in [1.54, 1.807) is 22.3 Å². The van der Waals surface area contributed by atoms with E-state index in [2.05, 4.69) is 28.9 Å². The number of thiophene rings is 1. The number of aryl methyl sites for hydroxylation is 2. The van der Waals surface area contributed by atoms with Gasteiger partial charge in [-0.2, -0.15) is 5.10 Å². The van der Waals surface area contributed by atoms with Gasteiger partial charge in [-0.15, -0.1) is 11.3 Å². The molecule has 0 saturated carbocycles. The highest BCUT2D eigenvalue weighted by Crippen LogP contribution is 2.27. The van der Waals surface area contributed by atoms with Gasteiger partial charge in [-0.1, -0.05) is 24.3 Å². The summed E-state index contributed by atoms with van der Waals surface area (Å²) in [5.74, 6) is 0.266. The molecule has 7 heteroatoms. The van der Waals surface area contributed by atoms with Gasteiger partial charge in [0.25, 0.3) is 0 Å². The molecule has 128 valence electrons. The summed E-state index contributed by atoms with van der Waals surface area (Å²) < 4.78 is 5.91. The highest BCUT2D eigenvalue weighted by atomic mass is 35.5. The molecule has 0 aliphatic carbocycles. The van der Waals surface area contributed by atoms with Crippen molar-refractivity contribution >= 4 is 29.0 Å². The topological polar surface area (TPSA) is 58.2 Å². The van der Waals surface area contributed by atoms with E-state index in [-0.39, 0.29) is 18.6 Å². The first kappa shape index (κ1) is 17.0. The van der Waals surface area contributed by atoms with Crippen molar-refractivity contribution in [3.05, 3.63) is 51.5 Å². The summed E-state index contributed by atoms with van der Waals surface area (Å²) in [4.78, 5) is 14.9. The molecule has 5 nitrogen and oxygen atoms in total. The molecule has 3 heterocycles. The minimum Gasteiger partial charge on any atom is -0.445 e. The second kappa shape index (κ2) is 7.85. The van der Waals surface area contributed by atoms with Crippen molar-refractivity contribution < 1.29 is 9.53 Å².